The second kappa shape index (κ2) is 10.9. The zero-order valence-electron chi connectivity index (χ0n) is 21.6. The minimum atomic E-state index is -4.88. The lowest BCUT2D eigenvalue weighted by atomic mass is 9.92. The molecule has 1 aliphatic heterocycles. The van der Waals surface area contributed by atoms with E-state index in [1.165, 1.54) is 39.0 Å². The number of benzene rings is 1. The van der Waals surface area contributed by atoms with Crippen molar-refractivity contribution in [3.8, 4) is 0 Å². The molecule has 1 saturated carbocycles. The van der Waals surface area contributed by atoms with Crippen LogP contribution in [0.1, 0.15) is 38.2 Å². The van der Waals surface area contributed by atoms with Gasteiger partial charge in [-0.1, -0.05) is 42.9 Å². The van der Waals surface area contributed by atoms with E-state index < -0.39 is 37.9 Å². The number of hydrogen-bond donors (Lipinski definition) is 1. The van der Waals surface area contributed by atoms with Crippen LogP contribution in [0, 0.1) is 0 Å². The molecule has 2 aliphatic carbocycles. The fourth-order valence-electron chi connectivity index (χ4n) is 5.01. The van der Waals surface area contributed by atoms with E-state index >= 15 is 0 Å². The molecule has 14 heteroatoms. The van der Waals surface area contributed by atoms with Gasteiger partial charge in [-0.05, 0) is 43.5 Å². The molecule has 1 aromatic carbocycles. The number of anilines is 1. The van der Waals surface area contributed by atoms with Gasteiger partial charge in [0.05, 0.1) is 17.2 Å². The molecule has 4 rings (SSSR count). The van der Waals surface area contributed by atoms with Crippen LogP contribution in [-0.4, -0.2) is 86.1 Å². The monoisotopic (exact) mass is 607 g/mol. The highest BCUT2D eigenvalue weighted by Gasteiger charge is 2.51. The summed E-state index contributed by atoms with van der Waals surface area (Å²) in [5.74, 6) is 0. The molecule has 1 N–H and O–H groups in total. The Bertz CT molecular complexity index is 1370. The third-order valence-electron chi connectivity index (χ3n) is 7.64. The number of sulfonamides is 2. The van der Waals surface area contributed by atoms with Crippen molar-refractivity contribution < 1.29 is 35.1 Å². The fourth-order valence-corrected chi connectivity index (χ4v) is 8.28. The van der Waals surface area contributed by atoms with Crippen molar-refractivity contribution >= 4 is 42.8 Å². The lowest BCUT2D eigenvalue weighted by Crippen LogP contribution is -2.60. The van der Waals surface area contributed by atoms with Crippen molar-refractivity contribution in [2.45, 2.75) is 56.5 Å². The summed E-state index contributed by atoms with van der Waals surface area (Å²) in [6.07, 6.45) is 3.75. The molecule has 0 radical (unpaired) electrons. The molecule has 0 bridgehead atoms. The summed E-state index contributed by atoms with van der Waals surface area (Å²) in [5.41, 5.74) is -2.89. The Hall–Kier alpha value is -1.84. The molecular weight excluding hydrogens is 575 g/mol. The average Bonchev–Trinajstić information content (AvgIpc) is 2.81. The summed E-state index contributed by atoms with van der Waals surface area (Å²) >= 11 is 5.29. The van der Waals surface area contributed by atoms with Crippen molar-refractivity contribution in [2.75, 3.05) is 37.3 Å². The normalized spacial score (nSPS) is 23.5. The number of alkyl halides is 3. The maximum Gasteiger partial charge on any atom is 0.421 e. The number of rotatable bonds is 8. The third-order valence-corrected chi connectivity index (χ3v) is 11.4. The van der Waals surface area contributed by atoms with E-state index in [9.17, 15) is 35.1 Å². The van der Waals surface area contributed by atoms with Crippen LogP contribution in [0.5, 0.6) is 0 Å². The molecule has 216 valence electrons. The zero-order valence-corrected chi connectivity index (χ0v) is 24.1. The average molecular weight is 608 g/mol. The van der Waals surface area contributed by atoms with E-state index in [0.29, 0.717) is 36.7 Å². The molecule has 0 spiro atoms. The van der Waals surface area contributed by atoms with Gasteiger partial charge in [-0.15, -0.1) is 0 Å². The van der Waals surface area contributed by atoms with E-state index in [1.807, 2.05) is 4.90 Å². The molecule has 8 nitrogen and oxygen atoms in total. The minimum absolute atomic E-state index is 0.0148. The van der Waals surface area contributed by atoms with Crippen LogP contribution >= 0.6 is 12.2 Å². The highest BCUT2D eigenvalue weighted by atomic mass is 32.2. The van der Waals surface area contributed by atoms with Crippen LogP contribution in [0.2, 0.25) is 0 Å². The lowest BCUT2D eigenvalue weighted by molar-refractivity contribution is -0.258. The van der Waals surface area contributed by atoms with Gasteiger partial charge in [-0.2, -0.15) is 21.8 Å². The van der Waals surface area contributed by atoms with Gasteiger partial charge < -0.3 is 10.0 Å². The first kappa shape index (κ1) is 30.1. The van der Waals surface area contributed by atoms with Gasteiger partial charge in [0.2, 0.25) is 20.0 Å². The smallest absolute Gasteiger partial charge is 0.376 e. The molecule has 1 heterocycles. The lowest BCUT2D eigenvalue weighted by Gasteiger charge is -2.46. The number of nitrogens with zero attached hydrogens (tertiary/aromatic N) is 3. The number of hydrogen-bond acceptors (Lipinski definition) is 7. The van der Waals surface area contributed by atoms with Crippen LogP contribution in [0.4, 0.5) is 18.9 Å². The summed E-state index contributed by atoms with van der Waals surface area (Å²) in [5, 5.41) is 10.0. The highest BCUT2D eigenvalue weighted by molar-refractivity contribution is 7.96. The van der Waals surface area contributed by atoms with Crippen LogP contribution in [0.3, 0.4) is 0 Å². The third kappa shape index (κ3) is 6.10. The van der Waals surface area contributed by atoms with Crippen molar-refractivity contribution in [2.24, 2.45) is 0 Å². The van der Waals surface area contributed by atoms with Gasteiger partial charge in [-0.25, -0.2) is 16.8 Å². The molecule has 1 saturated heterocycles. The molecule has 2 fully saturated rings. The summed E-state index contributed by atoms with van der Waals surface area (Å²) < 4.78 is 95.2. The predicted molar refractivity (Wildman–Crippen MR) is 147 cm³/mol. The number of allylic oxidation sites excluding steroid dienone is 4. The molecule has 1 aromatic rings. The van der Waals surface area contributed by atoms with E-state index in [2.05, 4.69) is 0 Å². The highest BCUT2D eigenvalue weighted by Crippen LogP contribution is 2.39. The minimum Gasteiger partial charge on any atom is -0.376 e. The van der Waals surface area contributed by atoms with Gasteiger partial charge in [0.15, 0.2) is 5.60 Å². The van der Waals surface area contributed by atoms with Crippen LogP contribution in [-0.2, 0) is 25.6 Å². The predicted octanol–water partition coefficient (Wildman–Crippen LogP) is 3.30. The van der Waals surface area contributed by atoms with E-state index in [1.54, 1.807) is 12.2 Å². The van der Waals surface area contributed by atoms with Gasteiger partial charge in [0, 0.05) is 49.2 Å². The Labute approximate surface area is 232 Å². The molecular formula is C25H32F3N3O5S3. The van der Waals surface area contributed by atoms with E-state index in [0.717, 1.165) is 12.7 Å². The molecule has 0 aromatic heterocycles. The topological polar surface area (TPSA) is 98.2 Å². The van der Waals surface area contributed by atoms with Gasteiger partial charge >= 0.3 is 6.18 Å². The second-order valence-corrected chi connectivity index (χ2v) is 14.7. The molecule has 39 heavy (non-hydrogen) atoms. The second-order valence-electron chi connectivity index (χ2n) is 10.3. The first-order valence-corrected chi connectivity index (χ1v) is 16.3. The number of thiocarbonyl (C=S) groups is 1. The molecule has 0 unspecified atom stereocenters. The Morgan fingerprint density at radius 2 is 1.74 bits per heavy atom. The quantitative estimate of drug-likeness (QED) is 0.453. The van der Waals surface area contributed by atoms with Gasteiger partial charge in [0.1, 0.15) is 0 Å². The maximum atomic E-state index is 13.5. The Balaban J connectivity index is 1.67. The Kier molecular flexibility index (Phi) is 8.39. The summed E-state index contributed by atoms with van der Waals surface area (Å²) in [6.45, 7) is 0.911. The summed E-state index contributed by atoms with van der Waals surface area (Å²) in [6, 6.07) is 4.43. The van der Waals surface area contributed by atoms with Crippen molar-refractivity contribution in [3.05, 3.63) is 53.0 Å². The van der Waals surface area contributed by atoms with Crippen molar-refractivity contribution in [1.82, 2.24) is 8.61 Å². The molecule has 2 atom stereocenters. The van der Waals surface area contributed by atoms with Crippen LogP contribution in [0.25, 0.3) is 0 Å². The summed E-state index contributed by atoms with van der Waals surface area (Å²) in [7, 11) is -7.56. The van der Waals surface area contributed by atoms with Crippen molar-refractivity contribution in [3.63, 3.8) is 0 Å². The first-order chi connectivity index (χ1) is 18.0. The maximum absolute atomic E-state index is 13.5. The number of halogens is 3. The van der Waals surface area contributed by atoms with Crippen LogP contribution < -0.4 is 4.90 Å². The van der Waals surface area contributed by atoms with Crippen LogP contribution in [0.15, 0.2) is 47.4 Å². The van der Waals surface area contributed by atoms with Crippen molar-refractivity contribution in [1.29, 1.82) is 0 Å². The standard InChI is InChI=1S/C25H32F3N3O5S3/c1-24(32,25(26,27)28)18-10-12-19(13-11-18)30-15-14-29(39(35,36)23-9-4-3-8-22(23)37)16-21(30)17-31(38(2,33)34)20-6-5-7-20/h3-4,9-13,20-21,32H,5-8,14-17H2,1-2H3/t21-,24-/m1/s1. The zero-order chi connectivity index (χ0) is 28.8. The van der Waals surface area contributed by atoms with E-state index in [-0.39, 0.29) is 42.7 Å². The largest absolute Gasteiger partial charge is 0.421 e. The SMILES string of the molecule is C[C@@](O)(c1ccc(N2CCN(S(=O)(=O)C3=CC=CCC3=S)C[C@@H]2CN(C2CCC2)S(C)(=O)=O)cc1)C(F)(F)F. The number of piperazine rings is 1. The molecule has 3 aliphatic rings. The number of aliphatic hydroxyl groups is 1. The summed E-state index contributed by atoms with van der Waals surface area (Å²) in [4.78, 5) is 2.17. The Morgan fingerprint density at radius 3 is 2.26 bits per heavy atom. The van der Waals surface area contributed by atoms with Gasteiger partial charge in [-0.3, -0.25) is 0 Å². The molecule has 0 amide bonds. The van der Waals surface area contributed by atoms with E-state index in [4.69, 9.17) is 12.2 Å². The van der Waals surface area contributed by atoms with Gasteiger partial charge in [0.25, 0.3) is 0 Å². The fraction of sp³-hybridized carbons (Fsp3) is 0.560. The Morgan fingerprint density at radius 1 is 1.10 bits per heavy atom. The first-order valence-electron chi connectivity index (χ1n) is 12.6.